The first-order valence-electron chi connectivity index (χ1n) is 8.09. The van der Waals surface area contributed by atoms with E-state index in [1.165, 1.54) is 0 Å². The molecule has 2 aliphatic rings. The van der Waals surface area contributed by atoms with Crippen molar-refractivity contribution in [2.75, 3.05) is 18.8 Å². The van der Waals surface area contributed by atoms with Gasteiger partial charge in [0.2, 0.25) is 46.6 Å². The van der Waals surface area contributed by atoms with Crippen LogP contribution in [0.2, 0.25) is 0 Å². The second-order valence-electron chi connectivity index (χ2n) is 6.23. The first kappa shape index (κ1) is 21.0. The van der Waals surface area contributed by atoms with Gasteiger partial charge in [0.25, 0.3) is 5.24 Å². The summed E-state index contributed by atoms with van der Waals surface area (Å²) in [4.78, 5) is 48.3. The zero-order chi connectivity index (χ0) is 21.5. The van der Waals surface area contributed by atoms with Gasteiger partial charge in [0.1, 0.15) is 5.41 Å². The van der Waals surface area contributed by atoms with E-state index in [0.717, 1.165) is 16.7 Å². The molecule has 7 nitrogen and oxygen atoms in total. The van der Waals surface area contributed by atoms with E-state index < -0.39 is 63.3 Å². The molecule has 13 heteroatoms. The number of ether oxygens (including phenoxy) is 1. The molecular weight excluding hydrogens is 427 g/mol. The number of rotatable bonds is 6. The molecule has 0 atom stereocenters. The van der Waals surface area contributed by atoms with Crippen LogP contribution in [0, 0.1) is 34.5 Å². The van der Waals surface area contributed by atoms with Gasteiger partial charge < -0.3 is 10.1 Å². The molecule has 1 aliphatic heterocycles. The van der Waals surface area contributed by atoms with Crippen LogP contribution < -0.4 is 10.1 Å². The van der Waals surface area contributed by atoms with Gasteiger partial charge in [-0.1, -0.05) is 11.8 Å². The van der Waals surface area contributed by atoms with Gasteiger partial charge in [-0.15, -0.1) is 0 Å². The predicted molar refractivity (Wildman–Crippen MR) is 86.1 cm³/mol. The summed E-state index contributed by atoms with van der Waals surface area (Å²) in [5, 5.41) is 1.80. The fraction of sp³-hybridized carbons (Fsp3) is 0.375. The highest BCUT2D eigenvalue weighted by Gasteiger charge is 2.58. The van der Waals surface area contributed by atoms with E-state index in [2.05, 4.69) is 10.1 Å². The van der Waals surface area contributed by atoms with Crippen LogP contribution >= 0.6 is 11.8 Å². The Morgan fingerprint density at radius 2 is 1.55 bits per heavy atom. The Morgan fingerprint density at radius 1 is 1.00 bits per heavy atom. The summed E-state index contributed by atoms with van der Waals surface area (Å²) in [5.74, 6) is -16.3. The maximum Gasteiger partial charge on any atom is 0.327 e. The van der Waals surface area contributed by atoms with Crippen molar-refractivity contribution in [2.24, 2.45) is 5.41 Å². The number of imide groups is 1. The van der Waals surface area contributed by atoms with Crippen molar-refractivity contribution >= 4 is 34.8 Å². The topological polar surface area (TPSA) is 92.8 Å². The number of hydrogen-bond acceptors (Lipinski definition) is 6. The summed E-state index contributed by atoms with van der Waals surface area (Å²) in [5.41, 5.74) is -1.85. The van der Waals surface area contributed by atoms with Gasteiger partial charge in [-0.25, -0.2) is 13.2 Å². The fourth-order valence-electron chi connectivity index (χ4n) is 2.56. The zero-order valence-corrected chi connectivity index (χ0v) is 15.1. The Bertz CT molecular complexity index is 892. The summed E-state index contributed by atoms with van der Waals surface area (Å²) in [6.45, 7) is -0.354. The smallest absolute Gasteiger partial charge is 0.327 e. The van der Waals surface area contributed by atoms with E-state index in [0.29, 0.717) is 0 Å². The molecule has 0 aromatic heterocycles. The summed E-state index contributed by atoms with van der Waals surface area (Å²) in [7, 11) is 0. The molecule has 1 N–H and O–H groups in total. The summed E-state index contributed by atoms with van der Waals surface area (Å²) in [6.07, 6.45) is -0.158. The second-order valence-corrected chi connectivity index (χ2v) is 7.15. The second kappa shape index (κ2) is 7.61. The Balaban J connectivity index is 1.66. The molecule has 1 saturated carbocycles. The number of amides is 3. The lowest BCUT2D eigenvalue weighted by Crippen LogP contribution is -2.43. The van der Waals surface area contributed by atoms with E-state index in [4.69, 9.17) is 0 Å². The van der Waals surface area contributed by atoms with Gasteiger partial charge in [0.05, 0.1) is 5.75 Å². The van der Waals surface area contributed by atoms with Crippen LogP contribution in [0.4, 0.5) is 26.7 Å². The summed E-state index contributed by atoms with van der Waals surface area (Å²) < 4.78 is 71.1. The third-order valence-electron chi connectivity index (χ3n) is 4.40. The van der Waals surface area contributed by atoms with Gasteiger partial charge in [0, 0.05) is 13.1 Å². The molecule has 3 rings (SSSR count). The number of esters is 1. The van der Waals surface area contributed by atoms with Crippen LogP contribution in [-0.4, -0.2) is 46.8 Å². The number of hydrogen-bond donors (Lipinski definition) is 1. The van der Waals surface area contributed by atoms with Crippen molar-refractivity contribution in [3.8, 4) is 5.75 Å². The fourth-order valence-corrected chi connectivity index (χ4v) is 3.31. The van der Waals surface area contributed by atoms with Crippen molar-refractivity contribution in [3.63, 3.8) is 0 Å². The first-order valence-corrected chi connectivity index (χ1v) is 9.08. The Morgan fingerprint density at radius 3 is 2.03 bits per heavy atom. The molecular formula is C16H11F5N2O5S. The molecule has 29 heavy (non-hydrogen) atoms. The van der Waals surface area contributed by atoms with Gasteiger partial charge in [-0.05, 0) is 12.8 Å². The van der Waals surface area contributed by atoms with Crippen molar-refractivity contribution in [2.45, 2.75) is 12.8 Å². The van der Waals surface area contributed by atoms with Gasteiger partial charge in [-0.3, -0.25) is 24.1 Å². The van der Waals surface area contributed by atoms with Gasteiger partial charge in [0.15, 0.2) is 0 Å². The Labute approximate surface area is 163 Å². The molecule has 0 radical (unpaired) electrons. The average molecular weight is 438 g/mol. The van der Waals surface area contributed by atoms with E-state index >= 15 is 0 Å². The Kier molecular flexibility index (Phi) is 5.52. The summed E-state index contributed by atoms with van der Waals surface area (Å²) >= 11 is 0.794. The van der Waals surface area contributed by atoms with Gasteiger partial charge in [-0.2, -0.15) is 8.78 Å². The number of carbonyl (C=O) groups is 4. The predicted octanol–water partition coefficient (Wildman–Crippen LogP) is 1.88. The molecule has 2 fully saturated rings. The molecule has 156 valence electrons. The molecule has 1 heterocycles. The quantitative estimate of drug-likeness (QED) is 0.182. The lowest BCUT2D eigenvalue weighted by molar-refractivity contribution is -0.147. The normalized spacial score (nSPS) is 17.5. The lowest BCUT2D eigenvalue weighted by Gasteiger charge is -2.17. The SMILES string of the molecule is O=C1CSC(=O)N1CCNC(=O)C1(C(=O)Oc2c(F)c(F)c(F)c(F)c2F)CC1. The molecule has 1 aromatic rings. The Hall–Kier alpha value is -2.70. The molecule has 0 unspecified atom stereocenters. The molecule has 0 bridgehead atoms. The van der Waals surface area contributed by atoms with Crippen molar-refractivity contribution in [3.05, 3.63) is 29.1 Å². The van der Waals surface area contributed by atoms with Crippen molar-refractivity contribution in [1.29, 1.82) is 0 Å². The van der Waals surface area contributed by atoms with Crippen LogP contribution in [-0.2, 0) is 14.4 Å². The van der Waals surface area contributed by atoms with E-state index in [-0.39, 0.29) is 31.7 Å². The maximum absolute atomic E-state index is 13.7. The third kappa shape index (κ3) is 3.66. The average Bonchev–Trinajstić information content (AvgIpc) is 3.45. The highest BCUT2D eigenvalue weighted by Crippen LogP contribution is 2.47. The minimum absolute atomic E-state index is 0.0229. The highest BCUT2D eigenvalue weighted by atomic mass is 32.2. The monoisotopic (exact) mass is 438 g/mol. The number of nitrogens with zero attached hydrogens (tertiary/aromatic N) is 1. The highest BCUT2D eigenvalue weighted by molar-refractivity contribution is 8.14. The molecule has 1 aliphatic carbocycles. The number of carbonyl (C=O) groups excluding carboxylic acids is 4. The maximum atomic E-state index is 13.7. The van der Waals surface area contributed by atoms with Crippen LogP contribution in [0.25, 0.3) is 0 Å². The standard InChI is InChI=1S/C16H11F5N2O5S/c17-7-8(18)10(20)12(11(21)9(7)19)28-14(26)16(1-2-16)13(25)22-3-4-23-6(24)5-29-15(23)27/h1-5H2,(H,22,25). The number of nitrogens with one attached hydrogen (secondary N) is 1. The van der Waals surface area contributed by atoms with E-state index in [1.54, 1.807) is 0 Å². The minimum Gasteiger partial charge on any atom is -0.419 e. The molecule has 1 aromatic carbocycles. The van der Waals surface area contributed by atoms with E-state index in [9.17, 15) is 41.1 Å². The van der Waals surface area contributed by atoms with Crippen molar-refractivity contribution in [1.82, 2.24) is 10.2 Å². The van der Waals surface area contributed by atoms with Crippen LogP contribution in [0.15, 0.2) is 0 Å². The molecule has 0 spiro atoms. The van der Waals surface area contributed by atoms with Crippen LogP contribution in [0.5, 0.6) is 5.75 Å². The third-order valence-corrected chi connectivity index (χ3v) is 5.26. The van der Waals surface area contributed by atoms with Crippen LogP contribution in [0.3, 0.4) is 0 Å². The van der Waals surface area contributed by atoms with E-state index in [1.807, 2.05) is 0 Å². The van der Waals surface area contributed by atoms with Gasteiger partial charge >= 0.3 is 5.97 Å². The largest absolute Gasteiger partial charge is 0.419 e. The molecule has 3 amide bonds. The minimum atomic E-state index is -2.41. The number of halogens is 5. The van der Waals surface area contributed by atoms with Crippen LogP contribution in [0.1, 0.15) is 12.8 Å². The summed E-state index contributed by atoms with van der Waals surface area (Å²) in [6, 6.07) is 0. The lowest BCUT2D eigenvalue weighted by atomic mass is 10.1. The molecule has 1 saturated heterocycles. The number of thioether (sulfide) groups is 1. The zero-order valence-electron chi connectivity index (χ0n) is 14.3. The first-order chi connectivity index (χ1) is 13.6. The number of benzene rings is 1. The van der Waals surface area contributed by atoms with Crippen molar-refractivity contribution < 1.29 is 45.9 Å².